The molecule has 0 bridgehead atoms. The highest BCUT2D eigenvalue weighted by Gasteiger charge is 2.41. The average Bonchev–Trinajstić information content (AvgIpc) is 3.36. The molecule has 1 amide bonds. The Morgan fingerprint density at radius 3 is 2.81 bits per heavy atom. The molecule has 3 fully saturated rings. The van der Waals surface area contributed by atoms with Crippen LogP contribution in [0, 0.1) is 17.8 Å². The van der Waals surface area contributed by atoms with Crippen molar-refractivity contribution in [3.05, 3.63) is 18.0 Å². The van der Waals surface area contributed by atoms with Crippen LogP contribution in [0.3, 0.4) is 0 Å². The van der Waals surface area contributed by atoms with E-state index in [0.29, 0.717) is 31.5 Å². The largest absolute Gasteiger partial charge is 0.383 e. The summed E-state index contributed by atoms with van der Waals surface area (Å²) < 4.78 is 7.07. The molecule has 2 aliphatic carbocycles. The zero-order valence-corrected chi connectivity index (χ0v) is 16.8. The van der Waals surface area contributed by atoms with Crippen LogP contribution in [0.15, 0.2) is 12.4 Å². The number of aryl methyl sites for hydroxylation is 1. The van der Waals surface area contributed by atoms with Crippen molar-refractivity contribution in [1.29, 1.82) is 0 Å². The van der Waals surface area contributed by atoms with Gasteiger partial charge in [0.2, 0.25) is 5.91 Å². The standard InChI is InChI=1S/C21H34N4O2/c1-24-14-18(13-23-24)21-17(11-20(26)25(21)8-9-27-2)12-22-19-5-3-4-16(10-19)15-6-7-15/h13-17,19,21-22H,3-12H2,1-2H3/t16-,17-,19-,21+/m0/s1. The number of hydrogen-bond acceptors (Lipinski definition) is 4. The second kappa shape index (κ2) is 8.31. The number of amides is 1. The van der Waals surface area contributed by atoms with E-state index in [1.165, 1.54) is 38.5 Å². The number of aromatic nitrogens is 2. The Kier molecular flexibility index (Phi) is 5.83. The van der Waals surface area contributed by atoms with Gasteiger partial charge in [0.15, 0.2) is 0 Å². The molecule has 2 saturated carbocycles. The Morgan fingerprint density at radius 2 is 2.11 bits per heavy atom. The van der Waals surface area contributed by atoms with Gasteiger partial charge in [-0.3, -0.25) is 9.48 Å². The minimum Gasteiger partial charge on any atom is -0.383 e. The molecule has 0 spiro atoms. The summed E-state index contributed by atoms with van der Waals surface area (Å²) >= 11 is 0. The maximum atomic E-state index is 12.7. The van der Waals surface area contributed by atoms with Crippen molar-refractivity contribution in [3.8, 4) is 0 Å². The highest BCUT2D eigenvalue weighted by atomic mass is 16.5. The zero-order chi connectivity index (χ0) is 18.8. The number of methoxy groups -OCH3 is 1. The number of ether oxygens (including phenoxy) is 1. The molecule has 1 aromatic rings. The molecular weight excluding hydrogens is 340 g/mol. The molecule has 150 valence electrons. The second-order valence-electron chi connectivity index (χ2n) is 8.81. The molecule has 2 heterocycles. The van der Waals surface area contributed by atoms with Crippen LogP contribution in [-0.2, 0) is 16.6 Å². The molecule has 0 aromatic carbocycles. The fraction of sp³-hybridized carbons (Fsp3) is 0.810. The fourth-order valence-electron chi connectivity index (χ4n) is 5.27. The summed E-state index contributed by atoms with van der Waals surface area (Å²) in [5, 5.41) is 8.19. The van der Waals surface area contributed by atoms with E-state index in [0.717, 1.165) is 23.9 Å². The predicted octanol–water partition coefficient (Wildman–Crippen LogP) is 2.51. The van der Waals surface area contributed by atoms with Gasteiger partial charge in [-0.15, -0.1) is 0 Å². The number of nitrogens with one attached hydrogen (secondary N) is 1. The normalized spacial score (nSPS) is 31.6. The van der Waals surface area contributed by atoms with Gasteiger partial charge in [0, 0.05) is 57.4 Å². The SMILES string of the molecule is COCCN1C(=O)C[C@@H](CN[C@H]2CCC[C@H](C3CC3)C2)[C@@H]1c1cnn(C)c1. The van der Waals surface area contributed by atoms with Gasteiger partial charge in [0.25, 0.3) is 0 Å². The van der Waals surface area contributed by atoms with Crippen molar-refractivity contribution in [1.82, 2.24) is 20.0 Å². The van der Waals surface area contributed by atoms with Crippen LogP contribution < -0.4 is 5.32 Å². The van der Waals surface area contributed by atoms with Gasteiger partial charge in [-0.1, -0.05) is 12.8 Å². The van der Waals surface area contributed by atoms with Crippen LogP contribution in [0.4, 0.5) is 0 Å². The lowest BCUT2D eigenvalue weighted by atomic mass is 9.82. The summed E-state index contributed by atoms with van der Waals surface area (Å²) in [7, 11) is 3.63. The topological polar surface area (TPSA) is 59.4 Å². The maximum Gasteiger partial charge on any atom is 0.223 e. The van der Waals surface area contributed by atoms with Crippen molar-refractivity contribution in [2.24, 2.45) is 24.8 Å². The Labute approximate surface area is 162 Å². The van der Waals surface area contributed by atoms with Crippen LogP contribution in [-0.4, -0.2) is 53.4 Å². The Morgan fingerprint density at radius 1 is 1.26 bits per heavy atom. The van der Waals surface area contributed by atoms with Gasteiger partial charge in [0.1, 0.15) is 0 Å². The lowest BCUT2D eigenvalue weighted by molar-refractivity contribution is -0.129. The third-order valence-corrected chi connectivity index (χ3v) is 6.81. The quantitative estimate of drug-likeness (QED) is 0.760. The van der Waals surface area contributed by atoms with Crippen LogP contribution in [0.1, 0.15) is 56.6 Å². The first-order valence-electron chi connectivity index (χ1n) is 10.7. The van der Waals surface area contributed by atoms with E-state index >= 15 is 0 Å². The summed E-state index contributed by atoms with van der Waals surface area (Å²) in [6.07, 6.45) is 12.9. The van der Waals surface area contributed by atoms with Gasteiger partial charge in [-0.05, 0) is 37.5 Å². The molecule has 4 atom stereocenters. The molecule has 6 heteroatoms. The zero-order valence-electron chi connectivity index (χ0n) is 16.8. The van der Waals surface area contributed by atoms with Crippen LogP contribution >= 0.6 is 0 Å². The van der Waals surface area contributed by atoms with Crippen molar-refractivity contribution in [2.45, 2.75) is 57.0 Å². The first-order chi connectivity index (χ1) is 13.2. The summed E-state index contributed by atoms with van der Waals surface area (Å²) in [6.45, 7) is 2.14. The van der Waals surface area contributed by atoms with Crippen LogP contribution in [0.5, 0.6) is 0 Å². The molecule has 0 unspecified atom stereocenters. The lowest BCUT2D eigenvalue weighted by Crippen LogP contribution is -2.39. The Balaban J connectivity index is 1.41. The molecule has 1 aliphatic heterocycles. The van der Waals surface area contributed by atoms with Crippen LogP contribution in [0.2, 0.25) is 0 Å². The number of carbonyl (C=O) groups is 1. The predicted molar refractivity (Wildman–Crippen MR) is 104 cm³/mol. The third kappa shape index (κ3) is 4.37. The summed E-state index contributed by atoms with van der Waals surface area (Å²) in [5.41, 5.74) is 1.14. The van der Waals surface area contributed by atoms with Crippen molar-refractivity contribution < 1.29 is 9.53 Å². The van der Waals surface area contributed by atoms with Gasteiger partial charge >= 0.3 is 0 Å². The van der Waals surface area contributed by atoms with E-state index in [-0.39, 0.29) is 11.9 Å². The summed E-state index contributed by atoms with van der Waals surface area (Å²) in [4.78, 5) is 14.7. The maximum absolute atomic E-state index is 12.7. The molecule has 3 aliphatic rings. The van der Waals surface area contributed by atoms with E-state index < -0.39 is 0 Å². The van der Waals surface area contributed by atoms with Gasteiger partial charge < -0.3 is 15.0 Å². The van der Waals surface area contributed by atoms with Gasteiger partial charge in [-0.25, -0.2) is 0 Å². The smallest absolute Gasteiger partial charge is 0.223 e. The number of nitrogens with zero attached hydrogens (tertiary/aromatic N) is 3. The van der Waals surface area contributed by atoms with E-state index in [9.17, 15) is 4.79 Å². The molecule has 1 aromatic heterocycles. The molecule has 6 nitrogen and oxygen atoms in total. The van der Waals surface area contributed by atoms with Crippen molar-refractivity contribution in [3.63, 3.8) is 0 Å². The molecular formula is C21H34N4O2. The number of hydrogen-bond donors (Lipinski definition) is 1. The molecule has 27 heavy (non-hydrogen) atoms. The molecule has 4 rings (SSSR count). The first kappa shape index (κ1) is 18.9. The molecule has 0 radical (unpaired) electrons. The van der Waals surface area contributed by atoms with E-state index in [4.69, 9.17) is 4.74 Å². The lowest BCUT2D eigenvalue weighted by Gasteiger charge is -2.32. The summed E-state index contributed by atoms with van der Waals surface area (Å²) in [5.74, 6) is 2.50. The average molecular weight is 375 g/mol. The number of rotatable bonds is 8. The highest BCUT2D eigenvalue weighted by molar-refractivity contribution is 5.79. The highest BCUT2D eigenvalue weighted by Crippen LogP contribution is 2.44. The first-order valence-corrected chi connectivity index (χ1v) is 10.7. The third-order valence-electron chi connectivity index (χ3n) is 6.81. The molecule has 1 N–H and O–H groups in total. The van der Waals surface area contributed by atoms with Gasteiger partial charge in [-0.2, -0.15) is 5.10 Å². The fourth-order valence-corrected chi connectivity index (χ4v) is 5.27. The Bertz CT molecular complexity index is 642. The number of likely N-dealkylation sites (tertiary alicyclic amines) is 1. The van der Waals surface area contributed by atoms with Crippen molar-refractivity contribution in [2.75, 3.05) is 26.8 Å². The second-order valence-corrected chi connectivity index (χ2v) is 8.81. The minimum absolute atomic E-state index is 0.108. The van der Waals surface area contributed by atoms with E-state index in [1.807, 2.05) is 22.8 Å². The van der Waals surface area contributed by atoms with E-state index in [1.54, 1.807) is 7.11 Å². The van der Waals surface area contributed by atoms with Crippen LogP contribution in [0.25, 0.3) is 0 Å². The van der Waals surface area contributed by atoms with E-state index in [2.05, 4.69) is 16.6 Å². The monoisotopic (exact) mass is 374 g/mol. The van der Waals surface area contributed by atoms with Gasteiger partial charge in [0.05, 0.1) is 18.8 Å². The Hall–Kier alpha value is -1.40. The minimum atomic E-state index is 0.108. The molecule has 1 saturated heterocycles. The number of carbonyl (C=O) groups excluding carboxylic acids is 1. The summed E-state index contributed by atoms with van der Waals surface area (Å²) in [6, 6.07) is 0.735. The van der Waals surface area contributed by atoms with Crippen molar-refractivity contribution >= 4 is 5.91 Å².